The SMILES string of the molecule is Cc1cc(CO)c(-c2ccc([C@@H](C)CN(C)C(=O)OC(C)(C)C)c(F)c2)c2c1[nH]c(=O)c1sccc12. The van der Waals surface area contributed by atoms with Crippen LogP contribution in [0.3, 0.4) is 0 Å². The van der Waals surface area contributed by atoms with Crippen LogP contribution in [0.5, 0.6) is 0 Å². The zero-order valence-corrected chi connectivity index (χ0v) is 22.2. The maximum atomic E-state index is 15.5. The summed E-state index contributed by atoms with van der Waals surface area (Å²) in [7, 11) is 1.63. The molecule has 0 fully saturated rings. The predicted octanol–water partition coefficient (Wildman–Crippen LogP) is 6.32. The highest BCUT2D eigenvalue weighted by atomic mass is 32.1. The summed E-state index contributed by atoms with van der Waals surface area (Å²) in [6.45, 7) is 9.21. The first kappa shape index (κ1) is 25.9. The number of amides is 1. The monoisotopic (exact) mass is 510 g/mol. The van der Waals surface area contributed by atoms with Crippen molar-refractivity contribution in [2.75, 3.05) is 13.6 Å². The molecule has 0 aliphatic heterocycles. The molecule has 190 valence electrons. The Hall–Kier alpha value is -3.23. The van der Waals surface area contributed by atoms with Gasteiger partial charge in [-0.1, -0.05) is 25.1 Å². The molecule has 2 aromatic heterocycles. The van der Waals surface area contributed by atoms with Gasteiger partial charge in [0.2, 0.25) is 0 Å². The van der Waals surface area contributed by atoms with Crippen LogP contribution in [0.15, 0.2) is 40.5 Å². The normalized spacial score (nSPS) is 12.8. The van der Waals surface area contributed by atoms with Crippen LogP contribution in [0.2, 0.25) is 0 Å². The number of aliphatic hydroxyl groups is 1. The molecule has 8 heteroatoms. The number of benzene rings is 2. The lowest BCUT2D eigenvalue weighted by molar-refractivity contribution is 0.0290. The van der Waals surface area contributed by atoms with E-state index in [1.807, 2.05) is 37.4 Å². The number of aromatic amines is 1. The molecule has 36 heavy (non-hydrogen) atoms. The van der Waals surface area contributed by atoms with Gasteiger partial charge in [0.15, 0.2) is 0 Å². The Kier molecular flexibility index (Phi) is 6.94. The Labute approximate surface area is 213 Å². The van der Waals surface area contributed by atoms with Crippen molar-refractivity contribution in [3.63, 3.8) is 0 Å². The molecule has 0 spiro atoms. The number of carbonyl (C=O) groups excluding carboxylic acids is 1. The van der Waals surface area contributed by atoms with Crippen molar-refractivity contribution in [1.29, 1.82) is 0 Å². The third-order valence-electron chi connectivity index (χ3n) is 6.23. The fourth-order valence-corrected chi connectivity index (χ4v) is 5.43. The molecule has 0 aliphatic rings. The third-order valence-corrected chi connectivity index (χ3v) is 7.14. The number of carbonyl (C=O) groups is 1. The van der Waals surface area contributed by atoms with Gasteiger partial charge in [0.1, 0.15) is 16.1 Å². The zero-order chi connectivity index (χ0) is 26.4. The largest absolute Gasteiger partial charge is 0.444 e. The minimum absolute atomic E-state index is 0.164. The molecule has 1 amide bonds. The number of likely N-dealkylation sites (N-methyl/N-ethyl adjacent to an activating group) is 1. The Morgan fingerprint density at radius 2 is 1.97 bits per heavy atom. The van der Waals surface area contributed by atoms with Crippen molar-refractivity contribution >= 4 is 38.4 Å². The van der Waals surface area contributed by atoms with E-state index >= 15 is 4.39 Å². The van der Waals surface area contributed by atoms with E-state index in [4.69, 9.17) is 4.74 Å². The summed E-state index contributed by atoms with van der Waals surface area (Å²) in [5.74, 6) is -0.676. The highest BCUT2D eigenvalue weighted by Crippen LogP contribution is 2.39. The molecular weight excluding hydrogens is 479 g/mol. The first-order valence-electron chi connectivity index (χ1n) is 11.8. The van der Waals surface area contributed by atoms with Gasteiger partial charge in [0.05, 0.1) is 12.1 Å². The molecule has 0 saturated heterocycles. The molecule has 0 aliphatic carbocycles. The molecule has 0 bridgehead atoms. The number of aliphatic hydroxyl groups excluding tert-OH is 1. The zero-order valence-electron chi connectivity index (χ0n) is 21.4. The van der Waals surface area contributed by atoms with Gasteiger partial charge in [0, 0.05) is 30.3 Å². The van der Waals surface area contributed by atoms with Crippen LogP contribution < -0.4 is 5.56 Å². The first-order valence-corrected chi connectivity index (χ1v) is 12.7. The summed E-state index contributed by atoms with van der Waals surface area (Å²) >= 11 is 1.35. The first-order chi connectivity index (χ1) is 16.9. The van der Waals surface area contributed by atoms with Crippen LogP contribution in [0, 0.1) is 12.7 Å². The lowest BCUT2D eigenvalue weighted by Crippen LogP contribution is -2.36. The molecule has 1 atom stereocenters. The maximum absolute atomic E-state index is 15.5. The summed E-state index contributed by atoms with van der Waals surface area (Å²) in [4.78, 5) is 29.4. The van der Waals surface area contributed by atoms with Crippen LogP contribution in [0.1, 0.15) is 50.3 Å². The maximum Gasteiger partial charge on any atom is 0.410 e. The number of H-pyrrole nitrogens is 1. The number of aryl methyl sites for hydroxylation is 1. The summed E-state index contributed by atoms with van der Waals surface area (Å²) in [6, 6.07) is 8.74. The molecule has 4 aromatic rings. The standard InChI is InChI=1S/C28H31FN2O4S/c1-15-11-18(14-32)22(23-20-9-10-36-25(20)26(33)30-24(15)23)17-7-8-19(21(29)12-17)16(2)13-31(6)27(34)35-28(3,4)5/h7-12,16,32H,13-14H2,1-6H3,(H,30,33)/t16-/m0/s1. The molecule has 6 nitrogen and oxygen atoms in total. The Morgan fingerprint density at radius 1 is 1.25 bits per heavy atom. The molecule has 2 N–H and O–H groups in total. The Bertz CT molecular complexity index is 1520. The van der Waals surface area contributed by atoms with E-state index in [1.165, 1.54) is 22.3 Å². The molecule has 2 aromatic carbocycles. The number of hydrogen-bond acceptors (Lipinski definition) is 5. The number of nitrogens with zero attached hydrogens (tertiary/aromatic N) is 1. The quantitative estimate of drug-likeness (QED) is 0.329. The van der Waals surface area contributed by atoms with Crippen molar-refractivity contribution in [1.82, 2.24) is 9.88 Å². The minimum atomic E-state index is -0.610. The van der Waals surface area contributed by atoms with Crippen molar-refractivity contribution in [2.45, 2.75) is 52.7 Å². The van der Waals surface area contributed by atoms with Gasteiger partial charge in [-0.15, -0.1) is 11.3 Å². The van der Waals surface area contributed by atoms with Gasteiger partial charge in [-0.25, -0.2) is 9.18 Å². The number of thiophene rings is 1. The van der Waals surface area contributed by atoms with E-state index in [2.05, 4.69) is 4.98 Å². The van der Waals surface area contributed by atoms with Crippen molar-refractivity contribution < 1.29 is 19.0 Å². The van der Waals surface area contributed by atoms with E-state index in [1.54, 1.807) is 33.9 Å². The fraction of sp³-hybridized carbons (Fsp3) is 0.357. The smallest absolute Gasteiger partial charge is 0.410 e. The number of aromatic nitrogens is 1. The van der Waals surface area contributed by atoms with Crippen LogP contribution in [-0.4, -0.2) is 40.3 Å². The molecule has 4 rings (SSSR count). The lowest BCUT2D eigenvalue weighted by Gasteiger charge is -2.26. The van der Waals surface area contributed by atoms with Gasteiger partial charge in [-0.2, -0.15) is 0 Å². The molecule has 2 heterocycles. The number of halogens is 1. The third kappa shape index (κ3) is 4.88. The van der Waals surface area contributed by atoms with E-state index in [9.17, 15) is 14.7 Å². The number of pyridine rings is 1. The second-order valence-electron chi connectivity index (χ2n) is 10.3. The van der Waals surface area contributed by atoms with Crippen molar-refractivity contribution in [3.8, 4) is 11.1 Å². The topological polar surface area (TPSA) is 82.6 Å². The molecule has 0 radical (unpaired) electrons. The minimum Gasteiger partial charge on any atom is -0.444 e. The van der Waals surface area contributed by atoms with E-state index in [-0.39, 0.29) is 24.6 Å². The summed E-state index contributed by atoms with van der Waals surface area (Å²) in [6.07, 6.45) is -0.459. The van der Waals surface area contributed by atoms with E-state index < -0.39 is 17.5 Å². The van der Waals surface area contributed by atoms with Crippen LogP contribution in [-0.2, 0) is 11.3 Å². The van der Waals surface area contributed by atoms with Crippen molar-refractivity contribution in [3.05, 3.63) is 68.6 Å². The molecule has 0 unspecified atom stereocenters. The molecule has 0 saturated carbocycles. The van der Waals surface area contributed by atoms with Gasteiger partial charge in [-0.05, 0) is 73.0 Å². The Morgan fingerprint density at radius 3 is 2.61 bits per heavy atom. The van der Waals surface area contributed by atoms with Crippen LogP contribution in [0.4, 0.5) is 9.18 Å². The number of fused-ring (bicyclic) bond motifs is 3. The van der Waals surface area contributed by atoms with E-state index in [0.717, 1.165) is 16.3 Å². The summed E-state index contributed by atoms with van der Waals surface area (Å²) < 4.78 is 21.5. The molecular formula is C28H31FN2O4S. The van der Waals surface area contributed by atoms with E-state index in [0.29, 0.717) is 32.5 Å². The summed E-state index contributed by atoms with van der Waals surface area (Å²) in [5, 5.41) is 13.6. The second-order valence-corrected chi connectivity index (χ2v) is 11.2. The average molecular weight is 511 g/mol. The number of ether oxygens (including phenoxy) is 1. The predicted molar refractivity (Wildman–Crippen MR) is 143 cm³/mol. The Balaban J connectivity index is 1.77. The van der Waals surface area contributed by atoms with Gasteiger partial charge in [-0.3, -0.25) is 4.79 Å². The number of rotatable bonds is 5. The van der Waals surface area contributed by atoms with Crippen molar-refractivity contribution in [2.24, 2.45) is 0 Å². The number of hydrogen-bond donors (Lipinski definition) is 2. The van der Waals surface area contributed by atoms with Crippen LogP contribution in [0.25, 0.3) is 32.1 Å². The van der Waals surface area contributed by atoms with Gasteiger partial charge >= 0.3 is 6.09 Å². The lowest BCUT2D eigenvalue weighted by atomic mass is 9.90. The number of nitrogens with one attached hydrogen (secondary N) is 1. The summed E-state index contributed by atoms with van der Waals surface area (Å²) in [5.41, 5.74) is 3.17. The van der Waals surface area contributed by atoms with Gasteiger partial charge in [0.25, 0.3) is 5.56 Å². The highest BCUT2D eigenvalue weighted by molar-refractivity contribution is 7.17. The fourth-order valence-electron chi connectivity index (χ4n) is 4.63. The average Bonchev–Trinajstić information content (AvgIpc) is 3.29. The van der Waals surface area contributed by atoms with Gasteiger partial charge < -0.3 is 19.7 Å². The van der Waals surface area contributed by atoms with Crippen LogP contribution >= 0.6 is 11.3 Å². The second kappa shape index (κ2) is 9.67. The highest BCUT2D eigenvalue weighted by Gasteiger charge is 2.23.